The van der Waals surface area contributed by atoms with Gasteiger partial charge in [-0.15, -0.1) is 0 Å². The first-order valence-electron chi connectivity index (χ1n) is 7.42. The van der Waals surface area contributed by atoms with Gasteiger partial charge in [0.05, 0.1) is 0 Å². The highest BCUT2D eigenvalue weighted by Crippen LogP contribution is 2.25. The van der Waals surface area contributed by atoms with E-state index in [-0.39, 0.29) is 0 Å². The Hall–Kier alpha value is -0.280. The molecular formula is C16H24Cl2N2. The number of piperazine rings is 1. The molecule has 0 spiro atoms. The molecule has 1 heterocycles. The molecule has 1 aliphatic heterocycles. The Morgan fingerprint density at radius 1 is 1.35 bits per heavy atom. The lowest BCUT2D eigenvalue weighted by Crippen LogP contribution is -2.57. The van der Waals surface area contributed by atoms with E-state index in [0.29, 0.717) is 23.0 Å². The quantitative estimate of drug-likeness (QED) is 0.896. The summed E-state index contributed by atoms with van der Waals surface area (Å²) in [6, 6.07) is 6.94. The van der Waals surface area contributed by atoms with E-state index in [1.54, 1.807) is 0 Å². The van der Waals surface area contributed by atoms with Crippen LogP contribution in [0.5, 0.6) is 0 Å². The Bertz CT molecular complexity index is 448. The number of halogens is 2. The summed E-state index contributed by atoms with van der Waals surface area (Å²) in [6.07, 6.45) is 1.16. The first kappa shape index (κ1) is 16.1. The van der Waals surface area contributed by atoms with Gasteiger partial charge in [-0.25, -0.2) is 0 Å². The molecular weight excluding hydrogens is 291 g/mol. The maximum atomic E-state index is 6.31. The highest BCUT2D eigenvalue weighted by molar-refractivity contribution is 6.35. The van der Waals surface area contributed by atoms with Gasteiger partial charge in [0.1, 0.15) is 0 Å². The van der Waals surface area contributed by atoms with Gasteiger partial charge in [0.25, 0.3) is 0 Å². The van der Waals surface area contributed by atoms with Gasteiger partial charge in [-0.2, -0.15) is 0 Å². The van der Waals surface area contributed by atoms with E-state index >= 15 is 0 Å². The zero-order chi connectivity index (χ0) is 14.7. The van der Waals surface area contributed by atoms with Crippen molar-refractivity contribution in [2.24, 2.45) is 5.92 Å². The lowest BCUT2D eigenvalue weighted by atomic mass is 9.98. The predicted molar refractivity (Wildman–Crippen MR) is 87.6 cm³/mol. The minimum atomic E-state index is 0.559. The molecule has 112 valence electrons. The maximum Gasteiger partial charge on any atom is 0.0465 e. The summed E-state index contributed by atoms with van der Waals surface area (Å²) in [6.45, 7) is 9.84. The van der Waals surface area contributed by atoms with Gasteiger partial charge in [0.15, 0.2) is 0 Å². The fourth-order valence-electron chi connectivity index (χ4n) is 2.79. The van der Waals surface area contributed by atoms with Gasteiger partial charge in [-0.3, -0.25) is 4.90 Å². The molecule has 1 saturated heterocycles. The molecule has 4 heteroatoms. The molecule has 2 atom stereocenters. The number of nitrogens with one attached hydrogen (secondary N) is 1. The van der Waals surface area contributed by atoms with Crippen LogP contribution in [-0.2, 0) is 6.54 Å². The maximum absolute atomic E-state index is 6.31. The van der Waals surface area contributed by atoms with Gasteiger partial charge in [-0.1, -0.05) is 50.0 Å². The van der Waals surface area contributed by atoms with Crippen LogP contribution in [0.3, 0.4) is 0 Å². The normalized spacial score (nSPS) is 24.3. The highest BCUT2D eigenvalue weighted by atomic mass is 35.5. The third kappa shape index (κ3) is 3.88. The van der Waals surface area contributed by atoms with Crippen LogP contribution in [0.2, 0.25) is 10.0 Å². The molecule has 0 bridgehead atoms. The third-order valence-electron chi connectivity index (χ3n) is 4.23. The van der Waals surface area contributed by atoms with E-state index in [0.717, 1.165) is 31.1 Å². The smallest absolute Gasteiger partial charge is 0.0465 e. The highest BCUT2D eigenvalue weighted by Gasteiger charge is 2.28. The van der Waals surface area contributed by atoms with Crippen molar-refractivity contribution in [2.45, 2.75) is 45.8 Å². The molecule has 0 amide bonds. The van der Waals surface area contributed by atoms with Crippen LogP contribution in [0.25, 0.3) is 0 Å². The van der Waals surface area contributed by atoms with Crippen LogP contribution in [0.15, 0.2) is 18.2 Å². The minimum Gasteiger partial charge on any atom is -0.311 e. The molecule has 1 aromatic rings. The summed E-state index contributed by atoms with van der Waals surface area (Å²) < 4.78 is 0. The Morgan fingerprint density at radius 2 is 2.10 bits per heavy atom. The Labute approximate surface area is 132 Å². The number of benzene rings is 1. The fourth-order valence-corrected chi connectivity index (χ4v) is 3.26. The Balaban J connectivity index is 2.11. The molecule has 0 radical (unpaired) electrons. The lowest BCUT2D eigenvalue weighted by molar-refractivity contribution is 0.103. The van der Waals surface area contributed by atoms with Crippen molar-refractivity contribution in [3.8, 4) is 0 Å². The first-order chi connectivity index (χ1) is 9.51. The van der Waals surface area contributed by atoms with E-state index in [1.807, 2.05) is 18.2 Å². The topological polar surface area (TPSA) is 15.3 Å². The molecule has 2 unspecified atom stereocenters. The molecule has 1 fully saturated rings. The van der Waals surface area contributed by atoms with Crippen LogP contribution in [-0.4, -0.2) is 30.1 Å². The summed E-state index contributed by atoms with van der Waals surface area (Å²) >= 11 is 12.3. The second-order valence-electron chi connectivity index (χ2n) is 5.99. The SMILES string of the molecule is CCC1CNC(C(C)C)CN1Cc1ccc(Cl)cc1Cl. The summed E-state index contributed by atoms with van der Waals surface area (Å²) in [5.41, 5.74) is 1.17. The zero-order valence-corrected chi connectivity index (χ0v) is 14.0. The molecule has 0 saturated carbocycles. The summed E-state index contributed by atoms with van der Waals surface area (Å²) in [4.78, 5) is 2.55. The minimum absolute atomic E-state index is 0.559. The summed E-state index contributed by atoms with van der Waals surface area (Å²) in [5, 5.41) is 5.13. The van der Waals surface area contributed by atoms with E-state index in [2.05, 4.69) is 31.0 Å². The van der Waals surface area contributed by atoms with E-state index in [9.17, 15) is 0 Å². The second kappa shape index (κ2) is 7.13. The number of nitrogens with zero attached hydrogens (tertiary/aromatic N) is 1. The molecule has 2 nitrogen and oxygen atoms in total. The Kier molecular flexibility index (Phi) is 5.74. The van der Waals surface area contributed by atoms with Crippen LogP contribution >= 0.6 is 23.2 Å². The molecule has 20 heavy (non-hydrogen) atoms. The van der Waals surface area contributed by atoms with E-state index in [4.69, 9.17) is 23.2 Å². The van der Waals surface area contributed by atoms with Crippen molar-refractivity contribution in [3.05, 3.63) is 33.8 Å². The van der Waals surface area contributed by atoms with Crippen molar-refractivity contribution < 1.29 is 0 Å². The largest absolute Gasteiger partial charge is 0.311 e. The molecule has 0 aliphatic carbocycles. The first-order valence-corrected chi connectivity index (χ1v) is 8.18. The fraction of sp³-hybridized carbons (Fsp3) is 0.625. The zero-order valence-electron chi connectivity index (χ0n) is 12.5. The molecule has 1 N–H and O–H groups in total. The number of rotatable bonds is 4. The predicted octanol–water partition coefficient (Wildman–Crippen LogP) is 4.20. The molecule has 2 rings (SSSR count). The third-order valence-corrected chi connectivity index (χ3v) is 4.81. The van der Waals surface area contributed by atoms with E-state index in [1.165, 1.54) is 5.56 Å². The van der Waals surface area contributed by atoms with E-state index < -0.39 is 0 Å². The average molecular weight is 315 g/mol. The van der Waals surface area contributed by atoms with Gasteiger partial charge in [-0.05, 0) is 30.0 Å². The van der Waals surface area contributed by atoms with Crippen LogP contribution in [0, 0.1) is 5.92 Å². The van der Waals surface area contributed by atoms with Gasteiger partial charge in [0.2, 0.25) is 0 Å². The summed E-state index contributed by atoms with van der Waals surface area (Å²) in [7, 11) is 0. The van der Waals surface area contributed by atoms with Crippen LogP contribution in [0.1, 0.15) is 32.8 Å². The van der Waals surface area contributed by atoms with Crippen molar-refractivity contribution >= 4 is 23.2 Å². The van der Waals surface area contributed by atoms with Crippen LogP contribution in [0.4, 0.5) is 0 Å². The second-order valence-corrected chi connectivity index (χ2v) is 6.83. The number of hydrogen-bond donors (Lipinski definition) is 1. The molecule has 1 aromatic carbocycles. The van der Waals surface area contributed by atoms with Crippen molar-refractivity contribution in [1.29, 1.82) is 0 Å². The number of hydrogen-bond acceptors (Lipinski definition) is 2. The summed E-state index contributed by atoms with van der Waals surface area (Å²) in [5.74, 6) is 0.649. The van der Waals surface area contributed by atoms with Gasteiger partial charge < -0.3 is 5.32 Å². The molecule has 1 aliphatic rings. The Morgan fingerprint density at radius 3 is 2.70 bits per heavy atom. The van der Waals surface area contributed by atoms with Crippen molar-refractivity contribution in [3.63, 3.8) is 0 Å². The van der Waals surface area contributed by atoms with Crippen molar-refractivity contribution in [1.82, 2.24) is 10.2 Å². The van der Waals surface area contributed by atoms with Gasteiger partial charge >= 0.3 is 0 Å². The standard InChI is InChI=1S/C16H24Cl2N2/c1-4-14-8-19-16(11(2)3)10-20(14)9-12-5-6-13(17)7-15(12)18/h5-7,11,14,16,19H,4,8-10H2,1-3H3. The monoisotopic (exact) mass is 314 g/mol. The average Bonchev–Trinajstić information content (AvgIpc) is 2.41. The van der Waals surface area contributed by atoms with Gasteiger partial charge in [0, 0.05) is 41.8 Å². The molecule has 0 aromatic heterocycles. The van der Waals surface area contributed by atoms with Crippen LogP contribution < -0.4 is 5.32 Å². The lowest BCUT2D eigenvalue weighted by Gasteiger charge is -2.41. The van der Waals surface area contributed by atoms with Crippen molar-refractivity contribution in [2.75, 3.05) is 13.1 Å².